The van der Waals surface area contributed by atoms with Crippen LogP contribution in [0.3, 0.4) is 0 Å². The van der Waals surface area contributed by atoms with Crippen LogP contribution in [0.4, 0.5) is 0 Å². The molecule has 1 unspecified atom stereocenters. The first kappa shape index (κ1) is 13.8. The van der Waals surface area contributed by atoms with E-state index in [1.165, 1.54) is 11.7 Å². The summed E-state index contributed by atoms with van der Waals surface area (Å²) >= 11 is 0. The highest BCUT2D eigenvalue weighted by atomic mass is 31.0. The molecule has 0 saturated heterocycles. The summed E-state index contributed by atoms with van der Waals surface area (Å²) in [7, 11) is 2.58. The summed E-state index contributed by atoms with van der Waals surface area (Å²) in [4.78, 5) is 8.53. The third-order valence-corrected chi connectivity index (χ3v) is 2.09. The van der Waals surface area contributed by atoms with Crippen LogP contribution in [0.2, 0.25) is 0 Å². The van der Waals surface area contributed by atoms with E-state index in [9.17, 15) is 0 Å². The molecule has 0 fully saturated rings. The van der Waals surface area contributed by atoms with Gasteiger partial charge >= 0.3 is 0 Å². The second kappa shape index (κ2) is 7.13. The van der Waals surface area contributed by atoms with Crippen molar-refractivity contribution in [3.63, 3.8) is 0 Å². The van der Waals surface area contributed by atoms with Crippen molar-refractivity contribution in [1.82, 2.24) is 9.97 Å². The number of benzene rings is 1. The predicted molar refractivity (Wildman–Crippen MR) is 77.2 cm³/mol. The Bertz CT molecular complexity index is 391. The molecule has 1 atom stereocenters. The normalized spacial score (nSPS) is 9.41. The van der Waals surface area contributed by atoms with Crippen LogP contribution in [-0.2, 0) is 0 Å². The van der Waals surface area contributed by atoms with Gasteiger partial charge in [-0.3, -0.25) is 0 Å². The third kappa shape index (κ3) is 4.62. The molecular formula is C14H19N2P. The van der Waals surface area contributed by atoms with Gasteiger partial charge in [0.15, 0.2) is 5.82 Å². The van der Waals surface area contributed by atoms with Crippen LogP contribution >= 0.6 is 9.24 Å². The number of aryl methyl sites for hydroxylation is 2. The molecule has 2 rings (SSSR count). The van der Waals surface area contributed by atoms with Gasteiger partial charge in [-0.2, -0.15) is 0 Å². The zero-order valence-corrected chi connectivity index (χ0v) is 11.8. The highest BCUT2D eigenvalue weighted by Gasteiger charge is 1.98. The fourth-order valence-corrected chi connectivity index (χ4v) is 1.24. The Morgan fingerprint density at radius 1 is 0.941 bits per heavy atom. The van der Waals surface area contributed by atoms with Crippen molar-refractivity contribution >= 4 is 9.24 Å². The summed E-state index contributed by atoms with van der Waals surface area (Å²) in [6, 6.07) is 8.22. The van der Waals surface area contributed by atoms with Crippen molar-refractivity contribution < 1.29 is 0 Å². The minimum atomic E-state index is 0.788. The minimum absolute atomic E-state index is 0.788. The Labute approximate surface area is 106 Å². The number of hydrogen-bond acceptors (Lipinski definition) is 2. The number of aromatic nitrogens is 2. The molecular weight excluding hydrogens is 227 g/mol. The lowest BCUT2D eigenvalue weighted by atomic mass is 10.1. The van der Waals surface area contributed by atoms with E-state index in [0.717, 1.165) is 17.0 Å². The average molecular weight is 246 g/mol. The van der Waals surface area contributed by atoms with E-state index in [4.69, 9.17) is 0 Å². The second-order valence-corrected chi connectivity index (χ2v) is 4.67. The number of hydrogen-bond donors (Lipinski definition) is 0. The van der Waals surface area contributed by atoms with Crippen LogP contribution in [0, 0.1) is 13.8 Å². The zero-order chi connectivity index (χ0) is 12.7. The van der Waals surface area contributed by atoms with Gasteiger partial charge in [-0.25, -0.2) is 9.97 Å². The Morgan fingerprint density at radius 2 is 1.41 bits per heavy atom. The van der Waals surface area contributed by atoms with E-state index >= 15 is 0 Å². The maximum Gasteiger partial charge on any atom is 0.159 e. The highest BCUT2D eigenvalue weighted by Crippen LogP contribution is 2.14. The van der Waals surface area contributed by atoms with Crippen molar-refractivity contribution in [3.8, 4) is 11.4 Å². The van der Waals surface area contributed by atoms with Crippen LogP contribution < -0.4 is 0 Å². The fourth-order valence-electron chi connectivity index (χ4n) is 1.24. The van der Waals surface area contributed by atoms with Gasteiger partial charge in [-0.15, -0.1) is 9.24 Å². The first-order valence-corrected chi connectivity index (χ1v) is 6.54. The predicted octanol–water partition coefficient (Wildman–Crippen LogP) is 3.64. The first-order chi connectivity index (χ1) is 8.17. The van der Waals surface area contributed by atoms with Gasteiger partial charge in [0.25, 0.3) is 0 Å². The standard InChI is InChI=1S/C12H12N2.C2H7P/c1-9-3-5-11(6-4-9)12-13-7-10(2)8-14-12;1-2-3/h3-8H,1-2H3;2-3H2,1H3. The van der Waals surface area contributed by atoms with E-state index in [1.807, 2.05) is 31.5 Å². The lowest BCUT2D eigenvalue weighted by Gasteiger charge is -2.00. The summed E-state index contributed by atoms with van der Waals surface area (Å²) in [5.41, 5.74) is 3.40. The Hall–Kier alpha value is -1.27. The molecule has 90 valence electrons. The molecule has 1 aromatic carbocycles. The van der Waals surface area contributed by atoms with Crippen LogP contribution in [-0.4, -0.2) is 16.1 Å². The maximum atomic E-state index is 4.27. The van der Waals surface area contributed by atoms with Gasteiger partial charge < -0.3 is 0 Å². The van der Waals surface area contributed by atoms with E-state index < -0.39 is 0 Å². The third-order valence-electron chi connectivity index (χ3n) is 2.09. The van der Waals surface area contributed by atoms with Gasteiger partial charge in [0, 0.05) is 18.0 Å². The molecule has 0 aliphatic rings. The number of nitrogens with zero attached hydrogens (tertiary/aromatic N) is 2. The van der Waals surface area contributed by atoms with Crippen molar-refractivity contribution in [2.75, 3.05) is 6.16 Å². The van der Waals surface area contributed by atoms with Gasteiger partial charge in [-0.05, 0) is 25.6 Å². The quantitative estimate of drug-likeness (QED) is 0.718. The maximum absolute atomic E-state index is 4.27. The molecule has 0 radical (unpaired) electrons. The van der Waals surface area contributed by atoms with Crippen LogP contribution in [0.5, 0.6) is 0 Å². The summed E-state index contributed by atoms with van der Waals surface area (Å²) in [6.07, 6.45) is 4.84. The smallest absolute Gasteiger partial charge is 0.159 e. The second-order valence-electron chi connectivity index (χ2n) is 3.86. The van der Waals surface area contributed by atoms with Crippen LogP contribution in [0.25, 0.3) is 11.4 Å². The van der Waals surface area contributed by atoms with Crippen LogP contribution in [0.1, 0.15) is 18.1 Å². The van der Waals surface area contributed by atoms with E-state index in [1.54, 1.807) is 0 Å². The zero-order valence-electron chi connectivity index (χ0n) is 10.6. The topological polar surface area (TPSA) is 25.8 Å². The molecule has 0 aliphatic heterocycles. The van der Waals surface area contributed by atoms with Gasteiger partial charge in [0.2, 0.25) is 0 Å². The molecule has 0 N–H and O–H groups in total. The average Bonchev–Trinajstić information content (AvgIpc) is 2.32. The van der Waals surface area contributed by atoms with Gasteiger partial charge in [-0.1, -0.05) is 36.8 Å². The van der Waals surface area contributed by atoms with Crippen molar-refractivity contribution in [3.05, 3.63) is 47.8 Å². The van der Waals surface area contributed by atoms with E-state index in [-0.39, 0.29) is 0 Å². The van der Waals surface area contributed by atoms with E-state index in [2.05, 4.69) is 45.2 Å². The Balaban J connectivity index is 0.000000437. The monoisotopic (exact) mass is 246 g/mol. The van der Waals surface area contributed by atoms with Gasteiger partial charge in [0.05, 0.1) is 0 Å². The molecule has 0 amide bonds. The largest absolute Gasteiger partial charge is 0.236 e. The SMILES string of the molecule is CCP.Cc1ccc(-c2ncc(C)cn2)cc1. The molecule has 17 heavy (non-hydrogen) atoms. The molecule has 2 aromatic rings. The molecule has 3 heteroatoms. The molecule has 1 heterocycles. The highest BCUT2D eigenvalue weighted by molar-refractivity contribution is 7.16. The first-order valence-electron chi connectivity index (χ1n) is 5.73. The fraction of sp³-hybridized carbons (Fsp3) is 0.286. The molecule has 0 spiro atoms. The molecule has 2 nitrogen and oxygen atoms in total. The van der Waals surface area contributed by atoms with Gasteiger partial charge in [0.1, 0.15) is 0 Å². The van der Waals surface area contributed by atoms with E-state index in [0.29, 0.717) is 0 Å². The summed E-state index contributed by atoms with van der Waals surface area (Å²) in [5, 5.41) is 0. The molecule has 1 aromatic heterocycles. The Kier molecular flexibility index (Phi) is 5.79. The lowest BCUT2D eigenvalue weighted by Crippen LogP contribution is -1.88. The van der Waals surface area contributed by atoms with Crippen molar-refractivity contribution in [2.45, 2.75) is 20.8 Å². The number of rotatable bonds is 1. The minimum Gasteiger partial charge on any atom is -0.236 e. The Morgan fingerprint density at radius 3 is 1.88 bits per heavy atom. The molecule has 0 aliphatic carbocycles. The summed E-state index contributed by atoms with van der Waals surface area (Å²) < 4.78 is 0. The summed E-state index contributed by atoms with van der Waals surface area (Å²) in [6.45, 7) is 6.14. The van der Waals surface area contributed by atoms with Crippen molar-refractivity contribution in [1.29, 1.82) is 0 Å². The van der Waals surface area contributed by atoms with Crippen LogP contribution in [0.15, 0.2) is 36.7 Å². The lowest BCUT2D eigenvalue weighted by molar-refractivity contribution is 1.14. The molecule has 0 bridgehead atoms. The summed E-state index contributed by atoms with van der Waals surface area (Å²) in [5.74, 6) is 0.788. The molecule has 0 saturated carbocycles. The van der Waals surface area contributed by atoms with Crippen molar-refractivity contribution in [2.24, 2.45) is 0 Å².